The zero-order valence-corrected chi connectivity index (χ0v) is 16.1. The van der Waals surface area contributed by atoms with Gasteiger partial charge in [-0.3, -0.25) is 4.68 Å². The van der Waals surface area contributed by atoms with Crippen molar-refractivity contribution in [1.29, 1.82) is 0 Å². The molecule has 144 valence electrons. The molecule has 5 heteroatoms. The van der Waals surface area contributed by atoms with Crippen LogP contribution in [0.4, 0.5) is 4.79 Å². The van der Waals surface area contributed by atoms with Crippen molar-refractivity contribution in [2.45, 2.75) is 25.8 Å². The highest BCUT2D eigenvalue weighted by Crippen LogP contribution is 2.32. The summed E-state index contributed by atoms with van der Waals surface area (Å²) in [5, 5.41) is 4.97. The van der Waals surface area contributed by atoms with Gasteiger partial charge in [-0.2, -0.15) is 5.10 Å². The average molecular weight is 375 g/mol. The molecule has 0 atom stereocenters. The van der Waals surface area contributed by atoms with Crippen LogP contribution in [-0.4, -0.2) is 40.5 Å². The Labute approximate surface area is 165 Å². The summed E-state index contributed by atoms with van der Waals surface area (Å²) in [5.74, 6) is 0. The molecule has 2 aromatic carbocycles. The smallest absolute Gasteiger partial charge is 0.409 e. The molecule has 5 nitrogen and oxygen atoms in total. The van der Waals surface area contributed by atoms with Crippen molar-refractivity contribution >= 4 is 6.09 Å². The van der Waals surface area contributed by atoms with Crippen molar-refractivity contribution in [2.24, 2.45) is 0 Å². The van der Waals surface area contributed by atoms with E-state index in [4.69, 9.17) is 9.84 Å². The minimum Gasteiger partial charge on any atom is -0.450 e. The molecule has 0 N–H and O–H groups in total. The predicted molar refractivity (Wildman–Crippen MR) is 110 cm³/mol. The summed E-state index contributed by atoms with van der Waals surface area (Å²) < 4.78 is 7.29. The van der Waals surface area contributed by atoms with E-state index in [2.05, 4.69) is 47.1 Å². The van der Waals surface area contributed by atoms with Gasteiger partial charge in [0, 0.05) is 18.7 Å². The number of nitrogens with zero attached hydrogens (tertiary/aromatic N) is 3. The first-order valence-electron chi connectivity index (χ1n) is 9.88. The van der Waals surface area contributed by atoms with Crippen LogP contribution in [-0.2, 0) is 4.74 Å². The van der Waals surface area contributed by atoms with Gasteiger partial charge in [-0.15, -0.1) is 0 Å². The average Bonchev–Trinajstić information content (AvgIpc) is 3.21. The van der Waals surface area contributed by atoms with E-state index in [0.717, 1.165) is 35.4 Å². The Bertz CT molecular complexity index is 914. The summed E-state index contributed by atoms with van der Waals surface area (Å²) in [7, 11) is 0. The van der Waals surface area contributed by atoms with Crippen LogP contribution in [0.15, 0.2) is 66.7 Å². The van der Waals surface area contributed by atoms with Gasteiger partial charge in [0.2, 0.25) is 0 Å². The number of ether oxygens (including phenoxy) is 1. The van der Waals surface area contributed by atoms with Gasteiger partial charge in [0.25, 0.3) is 0 Å². The second-order valence-corrected chi connectivity index (χ2v) is 7.01. The molecule has 2 heterocycles. The maximum atomic E-state index is 12.0. The van der Waals surface area contributed by atoms with Crippen LogP contribution in [0.5, 0.6) is 0 Å². The Hall–Kier alpha value is -3.08. The molecular formula is C23H25N3O2. The standard InChI is InChI=1S/C23H25N3O2/c1-2-28-23(27)25-15-13-20(14-16-25)26-22(19-11-7-4-8-12-19)17-21(24-26)18-9-5-3-6-10-18/h3-12,17,20H,2,13-16H2,1H3. The van der Waals surface area contributed by atoms with Crippen molar-refractivity contribution in [3.8, 4) is 22.5 Å². The molecule has 3 aromatic rings. The molecule has 1 aliphatic rings. The number of amides is 1. The topological polar surface area (TPSA) is 47.4 Å². The molecule has 0 unspecified atom stereocenters. The third-order valence-electron chi connectivity index (χ3n) is 5.21. The number of likely N-dealkylation sites (tertiary alicyclic amines) is 1. The number of aromatic nitrogens is 2. The lowest BCUT2D eigenvalue weighted by atomic mass is 10.0. The van der Waals surface area contributed by atoms with E-state index in [1.165, 1.54) is 0 Å². The minimum atomic E-state index is -0.213. The van der Waals surface area contributed by atoms with Crippen molar-refractivity contribution in [1.82, 2.24) is 14.7 Å². The molecule has 0 radical (unpaired) electrons. The first-order valence-corrected chi connectivity index (χ1v) is 9.88. The molecule has 28 heavy (non-hydrogen) atoms. The summed E-state index contributed by atoms with van der Waals surface area (Å²) in [4.78, 5) is 13.8. The Morgan fingerprint density at radius 3 is 2.21 bits per heavy atom. The van der Waals surface area contributed by atoms with E-state index in [-0.39, 0.29) is 12.1 Å². The summed E-state index contributed by atoms with van der Waals surface area (Å²) in [6.45, 7) is 3.64. The van der Waals surface area contributed by atoms with E-state index in [9.17, 15) is 4.79 Å². The number of hydrogen-bond donors (Lipinski definition) is 0. The van der Waals surface area contributed by atoms with Crippen LogP contribution < -0.4 is 0 Å². The lowest BCUT2D eigenvalue weighted by molar-refractivity contribution is 0.0917. The highest BCUT2D eigenvalue weighted by molar-refractivity contribution is 5.69. The van der Waals surface area contributed by atoms with Gasteiger partial charge in [-0.25, -0.2) is 4.79 Å². The fourth-order valence-electron chi connectivity index (χ4n) is 3.76. The van der Waals surface area contributed by atoms with Crippen molar-refractivity contribution in [3.05, 3.63) is 66.7 Å². The SMILES string of the molecule is CCOC(=O)N1CCC(n2nc(-c3ccccc3)cc2-c2ccccc2)CC1. The largest absolute Gasteiger partial charge is 0.450 e. The maximum Gasteiger partial charge on any atom is 0.409 e. The van der Waals surface area contributed by atoms with Crippen LogP contribution in [0.2, 0.25) is 0 Å². The fraction of sp³-hybridized carbons (Fsp3) is 0.304. The van der Waals surface area contributed by atoms with E-state index in [1.54, 1.807) is 4.90 Å². The lowest BCUT2D eigenvalue weighted by Crippen LogP contribution is -2.39. The van der Waals surface area contributed by atoms with Crippen LogP contribution in [0.1, 0.15) is 25.8 Å². The van der Waals surface area contributed by atoms with Gasteiger partial charge in [0.05, 0.1) is 24.0 Å². The summed E-state index contributed by atoms with van der Waals surface area (Å²) in [6, 6.07) is 23.1. The van der Waals surface area contributed by atoms with Gasteiger partial charge >= 0.3 is 6.09 Å². The number of rotatable bonds is 4. The molecule has 4 rings (SSSR count). The first-order chi connectivity index (χ1) is 13.8. The molecule has 1 saturated heterocycles. The molecule has 0 aliphatic carbocycles. The normalized spacial score (nSPS) is 14.8. The molecule has 0 saturated carbocycles. The van der Waals surface area contributed by atoms with Gasteiger partial charge in [-0.05, 0) is 31.4 Å². The van der Waals surface area contributed by atoms with Gasteiger partial charge in [0.15, 0.2) is 0 Å². The van der Waals surface area contributed by atoms with E-state index >= 15 is 0 Å². The molecule has 0 bridgehead atoms. The molecule has 1 aliphatic heterocycles. The highest BCUT2D eigenvalue weighted by Gasteiger charge is 2.27. The number of hydrogen-bond acceptors (Lipinski definition) is 3. The van der Waals surface area contributed by atoms with Gasteiger partial charge < -0.3 is 9.64 Å². The monoisotopic (exact) mass is 375 g/mol. The Balaban J connectivity index is 1.63. The molecule has 0 spiro atoms. The fourth-order valence-corrected chi connectivity index (χ4v) is 3.76. The van der Waals surface area contributed by atoms with Crippen molar-refractivity contribution < 1.29 is 9.53 Å². The second-order valence-electron chi connectivity index (χ2n) is 7.01. The van der Waals surface area contributed by atoms with Crippen molar-refractivity contribution in [2.75, 3.05) is 19.7 Å². The number of carbonyl (C=O) groups is 1. The predicted octanol–water partition coefficient (Wildman–Crippen LogP) is 5.01. The van der Waals surface area contributed by atoms with Gasteiger partial charge in [-0.1, -0.05) is 60.7 Å². The van der Waals surface area contributed by atoms with E-state index in [0.29, 0.717) is 19.7 Å². The third kappa shape index (κ3) is 3.79. The zero-order chi connectivity index (χ0) is 19.3. The summed E-state index contributed by atoms with van der Waals surface area (Å²) >= 11 is 0. The van der Waals surface area contributed by atoms with E-state index < -0.39 is 0 Å². The van der Waals surface area contributed by atoms with Crippen molar-refractivity contribution in [3.63, 3.8) is 0 Å². The van der Waals surface area contributed by atoms with Gasteiger partial charge in [0.1, 0.15) is 0 Å². The van der Waals surface area contributed by atoms with Crippen LogP contribution in [0.3, 0.4) is 0 Å². The zero-order valence-electron chi connectivity index (χ0n) is 16.1. The third-order valence-corrected chi connectivity index (χ3v) is 5.21. The number of benzene rings is 2. The van der Waals surface area contributed by atoms with Crippen LogP contribution in [0, 0.1) is 0 Å². The molecule has 1 fully saturated rings. The number of carbonyl (C=O) groups excluding carboxylic acids is 1. The highest BCUT2D eigenvalue weighted by atomic mass is 16.6. The first kappa shape index (κ1) is 18.3. The van der Waals surface area contributed by atoms with Crippen LogP contribution >= 0.6 is 0 Å². The molecule has 1 amide bonds. The quantitative estimate of drug-likeness (QED) is 0.644. The molecular weight excluding hydrogens is 350 g/mol. The minimum absolute atomic E-state index is 0.213. The summed E-state index contributed by atoms with van der Waals surface area (Å²) in [6.07, 6.45) is 1.53. The lowest BCUT2D eigenvalue weighted by Gasteiger charge is -2.32. The van der Waals surface area contributed by atoms with E-state index in [1.807, 2.05) is 31.2 Å². The second kappa shape index (κ2) is 8.30. The molecule has 1 aromatic heterocycles. The van der Waals surface area contributed by atoms with Crippen LogP contribution in [0.25, 0.3) is 22.5 Å². The number of piperidine rings is 1. The Morgan fingerprint density at radius 1 is 1.00 bits per heavy atom. The Kier molecular flexibility index (Phi) is 5.42. The summed E-state index contributed by atoms with van der Waals surface area (Å²) in [5.41, 5.74) is 4.37. The Morgan fingerprint density at radius 2 is 1.61 bits per heavy atom. The maximum absolute atomic E-state index is 12.0.